The van der Waals surface area contributed by atoms with E-state index in [2.05, 4.69) is 32.8 Å². The van der Waals surface area contributed by atoms with Crippen molar-refractivity contribution in [2.24, 2.45) is 0 Å². The van der Waals surface area contributed by atoms with E-state index in [1.165, 1.54) is 0 Å². The van der Waals surface area contributed by atoms with Crippen LogP contribution < -0.4 is 0 Å². The number of carbonyl (C=O) groups is 1. The molecular formula is C11H9IN2O3. The molecule has 1 heterocycles. The molecule has 6 heteroatoms. The highest BCUT2D eigenvalue weighted by molar-refractivity contribution is 14.1. The molecule has 2 aromatic rings. The molecule has 0 bridgehead atoms. The molecule has 1 aromatic heterocycles. The Kier molecular flexibility index (Phi) is 3.72. The molecule has 2 rings (SSSR count). The van der Waals surface area contributed by atoms with E-state index in [4.69, 9.17) is 9.15 Å². The van der Waals surface area contributed by atoms with Gasteiger partial charge < -0.3 is 9.15 Å². The smallest absolute Gasteiger partial charge is 0.396 e. The highest BCUT2D eigenvalue weighted by Crippen LogP contribution is 2.23. The van der Waals surface area contributed by atoms with Gasteiger partial charge in [-0.3, -0.25) is 0 Å². The minimum atomic E-state index is -0.600. The lowest BCUT2D eigenvalue weighted by Crippen LogP contribution is -2.04. The third-order valence-electron chi connectivity index (χ3n) is 1.98. The highest BCUT2D eigenvalue weighted by Gasteiger charge is 2.17. The Bertz CT molecular complexity index is 539. The van der Waals surface area contributed by atoms with Crippen molar-refractivity contribution in [2.75, 3.05) is 6.61 Å². The third kappa shape index (κ3) is 2.63. The van der Waals surface area contributed by atoms with Gasteiger partial charge >= 0.3 is 11.9 Å². The van der Waals surface area contributed by atoms with Crippen molar-refractivity contribution >= 4 is 28.6 Å². The molecule has 0 atom stereocenters. The molecule has 0 aliphatic rings. The van der Waals surface area contributed by atoms with E-state index >= 15 is 0 Å². The number of esters is 1. The van der Waals surface area contributed by atoms with Gasteiger partial charge in [-0.05, 0) is 41.6 Å². The highest BCUT2D eigenvalue weighted by atomic mass is 127. The van der Waals surface area contributed by atoms with Gasteiger partial charge in [-0.2, -0.15) is 0 Å². The molecule has 0 spiro atoms. The van der Waals surface area contributed by atoms with Crippen LogP contribution >= 0.6 is 22.6 Å². The van der Waals surface area contributed by atoms with E-state index in [0.717, 1.165) is 9.13 Å². The number of benzene rings is 1. The van der Waals surface area contributed by atoms with Gasteiger partial charge in [0.1, 0.15) is 0 Å². The molecular weight excluding hydrogens is 335 g/mol. The molecule has 0 N–H and O–H groups in total. The quantitative estimate of drug-likeness (QED) is 0.632. The fraction of sp³-hybridized carbons (Fsp3) is 0.182. The number of nitrogens with zero attached hydrogens (tertiary/aromatic N) is 2. The Balaban J connectivity index is 2.30. The largest absolute Gasteiger partial charge is 0.459 e. The third-order valence-corrected chi connectivity index (χ3v) is 2.92. The van der Waals surface area contributed by atoms with E-state index in [0.29, 0.717) is 5.89 Å². The number of aromatic nitrogens is 2. The maximum atomic E-state index is 11.4. The number of hydrogen-bond acceptors (Lipinski definition) is 5. The zero-order valence-corrected chi connectivity index (χ0v) is 11.2. The van der Waals surface area contributed by atoms with Crippen molar-refractivity contribution in [3.63, 3.8) is 0 Å². The molecule has 0 unspecified atom stereocenters. The van der Waals surface area contributed by atoms with Crippen LogP contribution in [0.1, 0.15) is 17.6 Å². The van der Waals surface area contributed by atoms with Gasteiger partial charge in [0.2, 0.25) is 5.89 Å². The van der Waals surface area contributed by atoms with E-state index in [1.54, 1.807) is 6.92 Å². The lowest BCUT2D eigenvalue weighted by molar-refractivity contribution is 0.0481. The van der Waals surface area contributed by atoms with Crippen molar-refractivity contribution in [1.29, 1.82) is 0 Å². The molecule has 0 saturated heterocycles. The maximum Gasteiger partial charge on any atom is 0.396 e. The first-order chi connectivity index (χ1) is 8.22. The molecule has 0 amide bonds. The lowest BCUT2D eigenvalue weighted by Gasteiger charge is -1.97. The number of carbonyl (C=O) groups excluding carboxylic acids is 1. The minimum absolute atomic E-state index is 0.124. The normalized spacial score (nSPS) is 10.2. The van der Waals surface area contributed by atoms with Crippen molar-refractivity contribution in [3.05, 3.63) is 33.7 Å². The second-order valence-electron chi connectivity index (χ2n) is 3.11. The van der Waals surface area contributed by atoms with Crippen LogP contribution in [0.2, 0.25) is 0 Å². The predicted octanol–water partition coefficient (Wildman–Crippen LogP) is 2.52. The summed E-state index contributed by atoms with van der Waals surface area (Å²) in [7, 11) is 0. The topological polar surface area (TPSA) is 65.2 Å². The summed E-state index contributed by atoms with van der Waals surface area (Å²) in [5, 5.41) is 7.49. The molecule has 88 valence electrons. The van der Waals surface area contributed by atoms with Gasteiger partial charge in [0.05, 0.1) is 12.2 Å². The summed E-state index contributed by atoms with van der Waals surface area (Å²) in [6.07, 6.45) is 0. The van der Waals surface area contributed by atoms with Crippen molar-refractivity contribution in [3.8, 4) is 11.5 Å². The molecule has 5 nitrogen and oxygen atoms in total. The molecule has 17 heavy (non-hydrogen) atoms. The summed E-state index contributed by atoms with van der Waals surface area (Å²) >= 11 is 2.16. The Hall–Kier alpha value is -1.44. The van der Waals surface area contributed by atoms with Crippen molar-refractivity contribution < 1.29 is 13.9 Å². The van der Waals surface area contributed by atoms with E-state index in [9.17, 15) is 4.79 Å². The molecule has 0 saturated carbocycles. The van der Waals surface area contributed by atoms with Crippen molar-refractivity contribution in [2.45, 2.75) is 6.92 Å². The van der Waals surface area contributed by atoms with E-state index < -0.39 is 5.97 Å². The molecule has 0 aliphatic carbocycles. The predicted molar refractivity (Wildman–Crippen MR) is 68.4 cm³/mol. The molecule has 0 fully saturated rings. The van der Waals surface area contributed by atoms with E-state index in [1.807, 2.05) is 24.3 Å². The Morgan fingerprint density at radius 2 is 2.18 bits per heavy atom. The first-order valence-corrected chi connectivity index (χ1v) is 6.05. The molecule has 1 aromatic carbocycles. The van der Waals surface area contributed by atoms with Gasteiger partial charge in [0.15, 0.2) is 0 Å². The fourth-order valence-electron chi connectivity index (χ4n) is 1.24. The summed E-state index contributed by atoms with van der Waals surface area (Å²) in [5.41, 5.74) is 0.802. The van der Waals surface area contributed by atoms with Crippen LogP contribution in [0.5, 0.6) is 0 Å². The SMILES string of the molecule is CCOC(=O)c1nnc(-c2ccccc2I)o1. The fourth-order valence-corrected chi connectivity index (χ4v) is 1.86. The summed E-state index contributed by atoms with van der Waals surface area (Å²) in [6.45, 7) is 1.99. The summed E-state index contributed by atoms with van der Waals surface area (Å²) in [5.74, 6) is -0.406. The monoisotopic (exact) mass is 344 g/mol. The average molecular weight is 344 g/mol. The minimum Gasteiger partial charge on any atom is -0.459 e. The summed E-state index contributed by atoms with van der Waals surface area (Å²) in [6, 6.07) is 7.55. The standard InChI is InChI=1S/C11H9IN2O3/c1-2-16-11(15)10-14-13-9(17-10)7-5-3-4-6-8(7)12/h3-6H,2H2,1H3. The van der Waals surface area contributed by atoms with Gasteiger partial charge in [-0.15, -0.1) is 10.2 Å². The zero-order chi connectivity index (χ0) is 12.3. The average Bonchev–Trinajstić information content (AvgIpc) is 2.79. The number of halogens is 1. The van der Waals surface area contributed by atoms with Gasteiger partial charge in [0.25, 0.3) is 0 Å². The summed E-state index contributed by atoms with van der Waals surface area (Å²) < 4.78 is 11.0. The first-order valence-electron chi connectivity index (χ1n) is 4.98. The van der Waals surface area contributed by atoms with Gasteiger partial charge in [-0.25, -0.2) is 4.79 Å². The van der Waals surface area contributed by atoms with Gasteiger partial charge in [-0.1, -0.05) is 12.1 Å². The van der Waals surface area contributed by atoms with Crippen LogP contribution in [0.15, 0.2) is 28.7 Å². The van der Waals surface area contributed by atoms with Crippen LogP contribution in [0.4, 0.5) is 0 Å². The number of hydrogen-bond donors (Lipinski definition) is 0. The number of ether oxygens (including phenoxy) is 1. The first kappa shape index (κ1) is 12.0. The van der Waals surface area contributed by atoms with Crippen LogP contribution in [-0.2, 0) is 4.74 Å². The van der Waals surface area contributed by atoms with Crippen LogP contribution in [0.3, 0.4) is 0 Å². The maximum absolute atomic E-state index is 11.4. The second-order valence-corrected chi connectivity index (χ2v) is 4.27. The molecule has 0 radical (unpaired) electrons. The Morgan fingerprint density at radius 3 is 2.88 bits per heavy atom. The van der Waals surface area contributed by atoms with Crippen LogP contribution in [0.25, 0.3) is 11.5 Å². The zero-order valence-electron chi connectivity index (χ0n) is 9.01. The number of rotatable bonds is 3. The van der Waals surface area contributed by atoms with Crippen LogP contribution in [-0.4, -0.2) is 22.8 Å². The van der Waals surface area contributed by atoms with Gasteiger partial charge in [0, 0.05) is 3.57 Å². The summed E-state index contributed by atoms with van der Waals surface area (Å²) in [4.78, 5) is 11.4. The van der Waals surface area contributed by atoms with Crippen molar-refractivity contribution in [1.82, 2.24) is 10.2 Å². The Labute approximate surface area is 111 Å². The second kappa shape index (κ2) is 5.26. The van der Waals surface area contributed by atoms with Crippen LogP contribution in [0, 0.1) is 3.57 Å². The Morgan fingerprint density at radius 1 is 1.41 bits per heavy atom. The lowest BCUT2D eigenvalue weighted by atomic mass is 10.2. The van der Waals surface area contributed by atoms with E-state index in [-0.39, 0.29) is 12.5 Å². The molecule has 0 aliphatic heterocycles.